The van der Waals surface area contributed by atoms with Crippen molar-refractivity contribution in [3.8, 4) is 5.69 Å². The molecule has 1 aromatic heterocycles. The van der Waals surface area contributed by atoms with E-state index in [1.165, 1.54) is 0 Å². The fourth-order valence-corrected chi connectivity index (χ4v) is 4.05. The quantitative estimate of drug-likeness (QED) is 0.590. The van der Waals surface area contributed by atoms with Crippen molar-refractivity contribution in [3.63, 3.8) is 0 Å². The van der Waals surface area contributed by atoms with E-state index in [0.717, 1.165) is 28.3 Å². The van der Waals surface area contributed by atoms with Crippen LogP contribution < -0.4 is 5.01 Å². The lowest BCUT2D eigenvalue weighted by atomic mass is 9.96. The highest BCUT2D eigenvalue weighted by Gasteiger charge is 2.36. The van der Waals surface area contributed by atoms with Crippen molar-refractivity contribution < 1.29 is 0 Å². The largest absolute Gasteiger partial charge is 0.226 e. The van der Waals surface area contributed by atoms with Gasteiger partial charge in [0.25, 0.3) is 0 Å². The molecule has 0 aliphatic carbocycles. The Kier molecular flexibility index (Phi) is 4.34. The Bertz CT molecular complexity index is 995. The first kappa shape index (κ1) is 16.9. The molecule has 1 atom stereocenters. The van der Waals surface area contributed by atoms with Gasteiger partial charge in [0.2, 0.25) is 0 Å². The molecule has 0 saturated heterocycles. The lowest BCUT2D eigenvalue weighted by Crippen LogP contribution is -2.24. The number of halogens is 1. The second-order valence-corrected chi connectivity index (χ2v) is 6.97. The predicted octanol–water partition coefficient (Wildman–Crippen LogP) is 5.14. The molecule has 1 aliphatic rings. The molecule has 0 N–H and O–H groups in total. The smallest absolute Gasteiger partial charge is 0.137 e. The first-order valence-electron chi connectivity index (χ1n) is 8.32. The maximum Gasteiger partial charge on any atom is 0.137 e. The highest BCUT2D eigenvalue weighted by molar-refractivity contribution is 7.80. The summed E-state index contributed by atoms with van der Waals surface area (Å²) < 4.78 is 1.76. The summed E-state index contributed by atoms with van der Waals surface area (Å²) in [7, 11) is 0. The fourth-order valence-electron chi connectivity index (χ4n) is 3.23. The van der Waals surface area contributed by atoms with Crippen LogP contribution in [0.5, 0.6) is 0 Å². The monoisotopic (exact) mass is 380 g/mol. The van der Waals surface area contributed by atoms with Crippen LogP contribution in [0.2, 0.25) is 5.15 Å². The molecule has 26 heavy (non-hydrogen) atoms. The summed E-state index contributed by atoms with van der Waals surface area (Å²) in [4.78, 5) is 0.714. The van der Waals surface area contributed by atoms with Crippen molar-refractivity contribution in [3.05, 3.63) is 77.1 Å². The van der Waals surface area contributed by atoms with E-state index in [2.05, 4.69) is 10.2 Å². The van der Waals surface area contributed by atoms with Crippen LogP contribution in [-0.2, 0) is 0 Å². The van der Waals surface area contributed by atoms with E-state index in [0.29, 0.717) is 10.1 Å². The van der Waals surface area contributed by atoms with Crippen LogP contribution in [0.3, 0.4) is 0 Å². The molecule has 4 rings (SSSR count). The number of anilines is 1. The molecule has 0 fully saturated rings. The maximum absolute atomic E-state index is 6.74. The van der Waals surface area contributed by atoms with Crippen LogP contribution in [0.1, 0.15) is 24.1 Å². The van der Waals surface area contributed by atoms with Gasteiger partial charge in [0.15, 0.2) is 0 Å². The first-order chi connectivity index (χ1) is 12.6. The zero-order chi connectivity index (χ0) is 18.3. The number of rotatable bonds is 3. The zero-order valence-corrected chi connectivity index (χ0v) is 16.0. The molecule has 0 amide bonds. The normalized spacial score (nSPS) is 16.9. The number of hydrogen-bond donors (Lipinski definition) is 0. The second kappa shape index (κ2) is 6.67. The molecule has 4 nitrogen and oxygen atoms in total. The molecule has 0 saturated carbocycles. The van der Waals surface area contributed by atoms with Crippen LogP contribution in [0.15, 0.2) is 65.8 Å². The molecule has 1 aliphatic heterocycles. The van der Waals surface area contributed by atoms with Gasteiger partial charge in [0, 0.05) is 5.56 Å². The summed E-state index contributed by atoms with van der Waals surface area (Å²) in [6, 6.07) is 19.8. The van der Waals surface area contributed by atoms with Gasteiger partial charge in [-0.25, -0.2) is 9.69 Å². The molecule has 0 radical (unpaired) electrons. The minimum atomic E-state index is -0.157. The van der Waals surface area contributed by atoms with E-state index in [4.69, 9.17) is 23.8 Å². The van der Waals surface area contributed by atoms with Crippen LogP contribution >= 0.6 is 23.8 Å². The van der Waals surface area contributed by atoms with Crippen LogP contribution in [0.25, 0.3) is 5.69 Å². The molecule has 6 heteroatoms. The minimum absolute atomic E-state index is 0.157. The average molecular weight is 381 g/mol. The number of para-hydroxylation sites is 2. The van der Waals surface area contributed by atoms with Crippen molar-refractivity contribution in [2.75, 3.05) is 5.01 Å². The number of nitrogens with zero attached hydrogens (tertiary/aromatic N) is 4. The van der Waals surface area contributed by atoms with E-state index in [1.807, 2.05) is 79.5 Å². The Morgan fingerprint density at radius 1 is 0.923 bits per heavy atom. The molecule has 2 heterocycles. The van der Waals surface area contributed by atoms with Gasteiger partial charge < -0.3 is 0 Å². The van der Waals surface area contributed by atoms with Gasteiger partial charge in [-0.1, -0.05) is 60.2 Å². The van der Waals surface area contributed by atoms with E-state index in [1.54, 1.807) is 4.68 Å². The van der Waals surface area contributed by atoms with E-state index in [9.17, 15) is 0 Å². The third kappa shape index (κ3) is 2.73. The van der Waals surface area contributed by atoms with Gasteiger partial charge in [0.1, 0.15) is 10.1 Å². The summed E-state index contributed by atoms with van der Waals surface area (Å²) in [5.74, 6) is -0.157. The summed E-state index contributed by atoms with van der Waals surface area (Å²) >= 11 is 12.5. The zero-order valence-electron chi connectivity index (χ0n) is 14.4. The summed E-state index contributed by atoms with van der Waals surface area (Å²) in [6.07, 6.45) is 0. The summed E-state index contributed by atoms with van der Waals surface area (Å²) in [5.41, 5.74) is 4.56. The number of aryl methyl sites for hydroxylation is 1. The molecule has 0 bridgehead atoms. The van der Waals surface area contributed by atoms with E-state index >= 15 is 0 Å². The Balaban J connectivity index is 1.76. The molecular weight excluding hydrogens is 364 g/mol. The number of thiocarbonyl (C=S) groups is 1. The number of aromatic nitrogens is 2. The van der Waals surface area contributed by atoms with E-state index < -0.39 is 0 Å². The minimum Gasteiger partial charge on any atom is -0.226 e. The SMILES string of the molecule is CC1=NN(c2ccccc2)C(=S)C1c1c(C)nn(-c2ccccc2)c1Cl. The van der Waals surface area contributed by atoms with Gasteiger partial charge in [-0.15, -0.1) is 0 Å². The van der Waals surface area contributed by atoms with E-state index in [-0.39, 0.29) is 5.92 Å². The lowest BCUT2D eigenvalue weighted by molar-refractivity contribution is 0.863. The van der Waals surface area contributed by atoms with Gasteiger partial charge >= 0.3 is 0 Å². The van der Waals surface area contributed by atoms with Crippen molar-refractivity contribution in [1.82, 2.24) is 9.78 Å². The number of hydrazone groups is 1. The fraction of sp³-hybridized carbons (Fsp3) is 0.150. The molecule has 0 spiro atoms. The highest BCUT2D eigenvalue weighted by Crippen LogP contribution is 2.37. The van der Waals surface area contributed by atoms with Gasteiger partial charge in [-0.05, 0) is 38.1 Å². The summed E-state index contributed by atoms with van der Waals surface area (Å²) in [6.45, 7) is 3.94. The topological polar surface area (TPSA) is 33.4 Å². The van der Waals surface area contributed by atoms with Gasteiger partial charge in [-0.2, -0.15) is 10.2 Å². The maximum atomic E-state index is 6.74. The van der Waals surface area contributed by atoms with Crippen LogP contribution in [-0.4, -0.2) is 20.5 Å². The molecule has 1 unspecified atom stereocenters. The Morgan fingerprint density at radius 2 is 1.50 bits per heavy atom. The Hall–Kier alpha value is -2.50. The van der Waals surface area contributed by atoms with Crippen molar-refractivity contribution in [1.29, 1.82) is 0 Å². The lowest BCUT2D eigenvalue weighted by Gasteiger charge is -2.17. The number of hydrogen-bond acceptors (Lipinski definition) is 3. The molecular formula is C20H17ClN4S. The molecule has 3 aromatic rings. The Labute approximate surface area is 162 Å². The van der Waals surface area contributed by atoms with Crippen molar-refractivity contribution >= 4 is 40.2 Å². The van der Waals surface area contributed by atoms with Crippen LogP contribution in [0, 0.1) is 6.92 Å². The molecule has 2 aromatic carbocycles. The van der Waals surface area contributed by atoms with Crippen LogP contribution in [0.4, 0.5) is 5.69 Å². The Morgan fingerprint density at radius 3 is 2.12 bits per heavy atom. The predicted molar refractivity (Wildman–Crippen MR) is 111 cm³/mol. The number of benzene rings is 2. The van der Waals surface area contributed by atoms with Gasteiger partial charge in [-0.3, -0.25) is 0 Å². The highest BCUT2D eigenvalue weighted by atomic mass is 35.5. The standard InChI is InChI=1S/C20H17ClN4S/c1-13-17(19(21)24(22-13)15-9-5-3-6-10-15)18-14(2)23-25(20(18)26)16-11-7-4-8-12-16/h3-12,18H,1-2H3. The third-order valence-electron chi connectivity index (χ3n) is 4.47. The second-order valence-electron chi connectivity index (χ2n) is 6.20. The third-order valence-corrected chi connectivity index (χ3v) is 5.24. The van der Waals surface area contributed by atoms with Crippen molar-refractivity contribution in [2.45, 2.75) is 19.8 Å². The average Bonchev–Trinajstić information content (AvgIpc) is 3.12. The van der Waals surface area contributed by atoms with Crippen molar-refractivity contribution in [2.24, 2.45) is 5.10 Å². The summed E-state index contributed by atoms with van der Waals surface area (Å²) in [5, 5.41) is 11.7. The first-order valence-corrected chi connectivity index (χ1v) is 9.11. The molecule has 130 valence electrons. The van der Waals surface area contributed by atoms with Gasteiger partial charge in [0.05, 0.1) is 28.7 Å².